The van der Waals surface area contributed by atoms with E-state index < -0.39 is 5.92 Å². The molecular weight excluding hydrogens is 356 g/mol. The molecule has 2 amide bonds. The van der Waals surface area contributed by atoms with Gasteiger partial charge in [-0.05, 0) is 38.0 Å². The molecule has 0 spiro atoms. The SMILES string of the molecule is CCc1ccc(N2CC(C(=O)Nc3ncnc4oc(C)c(C)c34)CC2=O)cc1. The van der Waals surface area contributed by atoms with Crippen LogP contribution in [0.2, 0.25) is 0 Å². The number of hydrogen-bond acceptors (Lipinski definition) is 5. The van der Waals surface area contributed by atoms with E-state index in [1.54, 1.807) is 4.90 Å². The fourth-order valence-corrected chi connectivity index (χ4v) is 3.54. The summed E-state index contributed by atoms with van der Waals surface area (Å²) < 4.78 is 5.59. The van der Waals surface area contributed by atoms with Gasteiger partial charge >= 0.3 is 0 Å². The third kappa shape index (κ3) is 3.13. The van der Waals surface area contributed by atoms with Crippen molar-refractivity contribution in [2.75, 3.05) is 16.8 Å². The highest BCUT2D eigenvalue weighted by Gasteiger charge is 2.35. The van der Waals surface area contributed by atoms with Gasteiger partial charge in [0, 0.05) is 24.2 Å². The lowest BCUT2D eigenvalue weighted by Crippen LogP contribution is -2.28. The smallest absolute Gasteiger partial charge is 0.231 e. The topological polar surface area (TPSA) is 88.3 Å². The van der Waals surface area contributed by atoms with Crippen molar-refractivity contribution in [3.63, 3.8) is 0 Å². The van der Waals surface area contributed by atoms with E-state index in [1.165, 1.54) is 11.9 Å². The second kappa shape index (κ2) is 7.07. The molecule has 28 heavy (non-hydrogen) atoms. The van der Waals surface area contributed by atoms with Crippen LogP contribution in [-0.4, -0.2) is 28.3 Å². The fraction of sp³-hybridized carbons (Fsp3) is 0.333. The summed E-state index contributed by atoms with van der Waals surface area (Å²) in [5, 5.41) is 3.56. The molecule has 0 bridgehead atoms. The quantitative estimate of drug-likeness (QED) is 0.752. The minimum Gasteiger partial charge on any atom is -0.443 e. The maximum Gasteiger partial charge on any atom is 0.231 e. The van der Waals surface area contributed by atoms with E-state index in [4.69, 9.17) is 4.42 Å². The molecule has 4 rings (SSSR count). The Bertz CT molecular complexity index is 1060. The minimum atomic E-state index is -0.434. The van der Waals surface area contributed by atoms with Gasteiger partial charge in [-0.1, -0.05) is 19.1 Å². The Morgan fingerprint density at radius 1 is 1.25 bits per heavy atom. The number of carbonyl (C=O) groups is 2. The van der Waals surface area contributed by atoms with E-state index in [0.29, 0.717) is 23.5 Å². The van der Waals surface area contributed by atoms with Crippen LogP contribution in [0.3, 0.4) is 0 Å². The van der Waals surface area contributed by atoms with Crippen LogP contribution in [-0.2, 0) is 16.0 Å². The lowest BCUT2D eigenvalue weighted by atomic mass is 10.1. The van der Waals surface area contributed by atoms with Gasteiger partial charge < -0.3 is 14.6 Å². The predicted molar refractivity (Wildman–Crippen MR) is 106 cm³/mol. The summed E-state index contributed by atoms with van der Waals surface area (Å²) in [7, 11) is 0. The maximum absolute atomic E-state index is 12.8. The van der Waals surface area contributed by atoms with Crippen LogP contribution in [0.15, 0.2) is 35.0 Å². The van der Waals surface area contributed by atoms with Gasteiger partial charge in [0.25, 0.3) is 0 Å². The van der Waals surface area contributed by atoms with Crippen LogP contribution in [0.1, 0.15) is 30.2 Å². The molecule has 0 radical (unpaired) electrons. The highest BCUT2D eigenvalue weighted by molar-refractivity contribution is 6.05. The van der Waals surface area contributed by atoms with E-state index in [1.807, 2.05) is 38.1 Å². The number of furan rings is 1. The first-order valence-electron chi connectivity index (χ1n) is 9.38. The number of nitrogens with zero attached hydrogens (tertiary/aromatic N) is 3. The number of anilines is 2. The van der Waals surface area contributed by atoms with Gasteiger partial charge in [-0.15, -0.1) is 0 Å². The van der Waals surface area contributed by atoms with Crippen LogP contribution in [0.25, 0.3) is 11.1 Å². The highest BCUT2D eigenvalue weighted by Crippen LogP contribution is 2.30. The second-order valence-corrected chi connectivity index (χ2v) is 7.10. The molecule has 1 aliphatic rings. The molecule has 144 valence electrons. The van der Waals surface area contributed by atoms with Crippen molar-refractivity contribution in [2.45, 2.75) is 33.6 Å². The van der Waals surface area contributed by atoms with Crippen molar-refractivity contribution in [3.05, 3.63) is 47.5 Å². The molecule has 1 fully saturated rings. The molecule has 3 heterocycles. The monoisotopic (exact) mass is 378 g/mol. The maximum atomic E-state index is 12.8. The molecule has 0 aliphatic carbocycles. The largest absolute Gasteiger partial charge is 0.443 e. The molecule has 1 saturated heterocycles. The lowest BCUT2D eigenvalue weighted by Gasteiger charge is -2.17. The van der Waals surface area contributed by atoms with Crippen molar-refractivity contribution in [1.82, 2.24) is 9.97 Å². The van der Waals surface area contributed by atoms with Gasteiger partial charge in [0.1, 0.15) is 17.9 Å². The number of carbonyl (C=O) groups excluding carboxylic acids is 2. The summed E-state index contributed by atoms with van der Waals surface area (Å²) in [4.78, 5) is 35.3. The first kappa shape index (κ1) is 18.2. The zero-order valence-corrected chi connectivity index (χ0v) is 16.2. The van der Waals surface area contributed by atoms with E-state index >= 15 is 0 Å². The van der Waals surface area contributed by atoms with Gasteiger partial charge in [0.05, 0.1) is 11.3 Å². The molecule has 1 unspecified atom stereocenters. The molecule has 0 saturated carbocycles. The summed E-state index contributed by atoms with van der Waals surface area (Å²) in [6.07, 6.45) is 2.49. The molecule has 1 atom stereocenters. The number of nitrogens with one attached hydrogen (secondary N) is 1. The number of hydrogen-bond donors (Lipinski definition) is 1. The molecule has 2 aromatic heterocycles. The predicted octanol–water partition coefficient (Wildman–Crippen LogP) is 3.39. The third-order valence-electron chi connectivity index (χ3n) is 5.36. The van der Waals surface area contributed by atoms with Gasteiger partial charge in [-0.3, -0.25) is 9.59 Å². The lowest BCUT2D eigenvalue weighted by molar-refractivity contribution is -0.122. The van der Waals surface area contributed by atoms with Crippen LogP contribution in [0.5, 0.6) is 0 Å². The summed E-state index contributed by atoms with van der Waals surface area (Å²) >= 11 is 0. The molecule has 3 aromatic rings. The van der Waals surface area contributed by atoms with Crippen molar-refractivity contribution < 1.29 is 14.0 Å². The fourth-order valence-electron chi connectivity index (χ4n) is 3.54. The average molecular weight is 378 g/mol. The summed E-state index contributed by atoms with van der Waals surface area (Å²) in [5.74, 6) is 0.454. The Morgan fingerprint density at radius 2 is 2.00 bits per heavy atom. The van der Waals surface area contributed by atoms with Crippen molar-refractivity contribution in [2.24, 2.45) is 5.92 Å². The molecule has 1 aromatic carbocycles. The van der Waals surface area contributed by atoms with E-state index in [2.05, 4.69) is 22.2 Å². The third-order valence-corrected chi connectivity index (χ3v) is 5.36. The first-order valence-corrected chi connectivity index (χ1v) is 9.38. The van der Waals surface area contributed by atoms with Crippen LogP contribution in [0, 0.1) is 19.8 Å². The normalized spacial score (nSPS) is 16.8. The number of aromatic nitrogens is 2. The average Bonchev–Trinajstić information content (AvgIpc) is 3.22. The Hall–Kier alpha value is -3.22. The zero-order chi connectivity index (χ0) is 19.8. The van der Waals surface area contributed by atoms with E-state index in [-0.39, 0.29) is 18.2 Å². The van der Waals surface area contributed by atoms with Crippen LogP contribution >= 0.6 is 0 Å². The second-order valence-electron chi connectivity index (χ2n) is 7.10. The van der Waals surface area contributed by atoms with Gasteiger partial charge in [-0.2, -0.15) is 0 Å². The summed E-state index contributed by atoms with van der Waals surface area (Å²) in [6, 6.07) is 7.89. The Morgan fingerprint density at radius 3 is 2.71 bits per heavy atom. The molecular formula is C21H22N4O3. The summed E-state index contributed by atoms with van der Waals surface area (Å²) in [6.45, 7) is 6.19. The Kier molecular flexibility index (Phi) is 4.58. The molecule has 1 aliphatic heterocycles. The van der Waals surface area contributed by atoms with Crippen LogP contribution in [0.4, 0.5) is 11.5 Å². The molecule has 1 N–H and O–H groups in total. The number of fused-ring (bicyclic) bond motifs is 1. The number of aryl methyl sites for hydroxylation is 3. The standard InChI is InChI=1S/C21H22N4O3/c1-4-14-5-7-16(8-6-14)25-10-15(9-17(25)26)20(27)24-19-18-12(2)13(3)28-21(18)23-11-22-19/h5-8,11,15H,4,9-10H2,1-3H3,(H,22,23,24,27). The van der Waals surface area contributed by atoms with Gasteiger partial charge in [0.15, 0.2) is 0 Å². The van der Waals surface area contributed by atoms with Crippen molar-refractivity contribution in [1.29, 1.82) is 0 Å². The van der Waals surface area contributed by atoms with E-state index in [0.717, 1.165) is 23.4 Å². The van der Waals surface area contributed by atoms with Gasteiger partial charge in [0.2, 0.25) is 17.5 Å². The molecule has 7 heteroatoms. The Labute approximate surface area is 162 Å². The number of benzene rings is 1. The van der Waals surface area contributed by atoms with E-state index in [9.17, 15) is 9.59 Å². The Balaban J connectivity index is 1.52. The number of rotatable bonds is 4. The summed E-state index contributed by atoms with van der Waals surface area (Å²) in [5.41, 5.74) is 3.37. The van der Waals surface area contributed by atoms with Gasteiger partial charge in [-0.25, -0.2) is 9.97 Å². The van der Waals surface area contributed by atoms with Crippen LogP contribution < -0.4 is 10.2 Å². The number of amides is 2. The van der Waals surface area contributed by atoms with Crippen molar-refractivity contribution in [3.8, 4) is 0 Å². The molecule has 7 nitrogen and oxygen atoms in total. The highest BCUT2D eigenvalue weighted by atomic mass is 16.3. The zero-order valence-electron chi connectivity index (χ0n) is 16.2. The minimum absolute atomic E-state index is 0.0485. The van der Waals surface area contributed by atoms with Crippen molar-refractivity contribution >= 4 is 34.4 Å². The first-order chi connectivity index (χ1) is 13.5.